The lowest BCUT2D eigenvalue weighted by Crippen LogP contribution is -2.27. The van der Waals surface area contributed by atoms with Gasteiger partial charge in [-0.1, -0.05) is 45.7 Å². The summed E-state index contributed by atoms with van der Waals surface area (Å²) in [6, 6.07) is 13.7. The van der Waals surface area contributed by atoms with Gasteiger partial charge in [0.25, 0.3) is 6.02 Å². The lowest BCUT2D eigenvalue weighted by Gasteiger charge is -2.26. The Kier molecular flexibility index (Phi) is 4.02. The molecule has 0 saturated carbocycles. The van der Waals surface area contributed by atoms with Crippen molar-refractivity contribution in [3.63, 3.8) is 0 Å². The van der Waals surface area contributed by atoms with E-state index in [-0.39, 0.29) is 6.02 Å². The zero-order valence-corrected chi connectivity index (χ0v) is 14.2. The van der Waals surface area contributed by atoms with Gasteiger partial charge in [-0.25, -0.2) is 4.99 Å². The number of ether oxygens (including phenoxy) is 2. The minimum Gasteiger partial charge on any atom is -0.495 e. The number of nitrogens with two attached hydrogens (primary N) is 1. The molecule has 0 unspecified atom stereocenters. The summed E-state index contributed by atoms with van der Waals surface area (Å²) < 4.78 is 11.6. The monoisotopic (exact) mass is 380 g/mol. The van der Waals surface area contributed by atoms with E-state index in [1.54, 1.807) is 7.11 Å². The summed E-state index contributed by atoms with van der Waals surface area (Å²) in [6.45, 7) is 0.331. The summed E-state index contributed by atoms with van der Waals surface area (Å²) in [5, 5.41) is 0.523. The van der Waals surface area contributed by atoms with Crippen LogP contribution in [0.25, 0.3) is 0 Å². The third-order valence-electron chi connectivity index (χ3n) is 3.66. The predicted octanol–water partition coefficient (Wildman–Crippen LogP) is 3.70. The molecule has 3 rings (SSSR count). The molecule has 0 spiro atoms. The van der Waals surface area contributed by atoms with Gasteiger partial charge in [0.2, 0.25) is 0 Å². The Morgan fingerprint density at radius 1 is 1.27 bits per heavy atom. The van der Waals surface area contributed by atoms with E-state index in [1.807, 2.05) is 42.5 Å². The van der Waals surface area contributed by atoms with Crippen LogP contribution < -0.4 is 10.5 Å². The Hall–Kier alpha value is -1.72. The van der Waals surface area contributed by atoms with Crippen molar-refractivity contribution >= 4 is 33.6 Å². The predicted molar refractivity (Wildman–Crippen MR) is 90.5 cm³/mol. The quantitative estimate of drug-likeness (QED) is 0.882. The molecule has 0 amide bonds. The van der Waals surface area contributed by atoms with E-state index < -0.39 is 5.54 Å². The number of benzene rings is 2. The van der Waals surface area contributed by atoms with Gasteiger partial charge >= 0.3 is 0 Å². The summed E-state index contributed by atoms with van der Waals surface area (Å²) in [7, 11) is 1.58. The molecule has 2 aromatic rings. The third kappa shape index (κ3) is 2.55. The van der Waals surface area contributed by atoms with Crippen LogP contribution in [0.15, 0.2) is 51.9 Å². The Morgan fingerprint density at radius 2 is 2.05 bits per heavy atom. The highest BCUT2D eigenvalue weighted by atomic mass is 79.9. The van der Waals surface area contributed by atoms with Crippen molar-refractivity contribution in [3.8, 4) is 5.75 Å². The van der Waals surface area contributed by atoms with Crippen LogP contribution in [0.4, 0.5) is 0 Å². The summed E-state index contributed by atoms with van der Waals surface area (Å²) in [5.41, 5.74) is 6.95. The Balaban J connectivity index is 2.18. The standard InChI is InChI=1S/C16H14BrClN2O2/c1-21-14-6-5-11(8-13(14)18)16(9-22-15(19)20-16)10-3-2-4-12(17)7-10/h2-8H,9H2,1H3,(H2,19,20)/t16-/m1/s1. The molecule has 22 heavy (non-hydrogen) atoms. The van der Waals surface area contributed by atoms with Gasteiger partial charge in [0.05, 0.1) is 12.1 Å². The molecule has 1 aliphatic rings. The topological polar surface area (TPSA) is 56.8 Å². The molecule has 0 aliphatic carbocycles. The van der Waals surface area contributed by atoms with Crippen molar-refractivity contribution < 1.29 is 9.47 Å². The van der Waals surface area contributed by atoms with Crippen LogP contribution in [0, 0.1) is 0 Å². The van der Waals surface area contributed by atoms with Gasteiger partial charge in [0.1, 0.15) is 12.4 Å². The molecule has 0 aromatic heterocycles. The first kappa shape index (κ1) is 15.2. The number of rotatable bonds is 3. The average molecular weight is 382 g/mol. The van der Waals surface area contributed by atoms with E-state index in [2.05, 4.69) is 20.9 Å². The minimum absolute atomic E-state index is 0.173. The first-order valence-corrected chi connectivity index (χ1v) is 7.80. The summed E-state index contributed by atoms with van der Waals surface area (Å²) in [4.78, 5) is 4.55. The molecule has 0 radical (unpaired) electrons. The van der Waals surface area contributed by atoms with Crippen LogP contribution in [0.5, 0.6) is 5.75 Å². The zero-order valence-electron chi connectivity index (χ0n) is 11.8. The number of hydrogen-bond donors (Lipinski definition) is 1. The summed E-state index contributed by atoms with van der Waals surface area (Å²) >= 11 is 9.76. The van der Waals surface area contributed by atoms with E-state index in [4.69, 9.17) is 26.8 Å². The van der Waals surface area contributed by atoms with E-state index >= 15 is 0 Å². The third-order valence-corrected chi connectivity index (χ3v) is 4.45. The van der Waals surface area contributed by atoms with Crippen LogP contribution in [0.1, 0.15) is 11.1 Å². The van der Waals surface area contributed by atoms with Gasteiger partial charge in [-0.15, -0.1) is 0 Å². The number of amidine groups is 1. The molecular weight excluding hydrogens is 368 g/mol. The van der Waals surface area contributed by atoms with Crippen LogP contribution in [0.3, 0.4) is 0 Å². The summed E-state index contributed by atoms with van der Waals surface area (Å²) in [5.74, 6) is 0.616. The molecule has 0 fully saturated rings. The smallest absolute Gasteiger partial charge is 0.283 e. The van der Waals surface area contributed by atoms with Crippen molar-refractivity contribution in [1.29, 1.82) is 0 Å². The number of nitrogens with zero attached hydrogens (tertiary/aromatic N) is 1. The van der Waals surface area contributed by atoms with Gasteiger partial charge in [-0.2, -0.15) is 0 Å². The number of aliphatic imine (C=N–C) groups is 1. The largest absolute Gasteiger partial charge is 0.495 e. The lowest BCUT2D eigenvalue weighted by atomic mass is 9.84. The second-order valence-corrected chi connectivity index (χ2v) is 6.28. The molecular formula is C16H14BrClN2O2. The number of halogens is 2. The van der Waals surface area contributed by atoms with E-state index in [0.29, 0.717) is 17.4 Å². The van der Waals surface area contributed by atoms with E-state index in [0.717, 1.165) is 15.6 Å². The van der Waals surface area contributed by atoms with Crippen molar-refractivity contribution in [2.45, 2.75) is 5.54 Å². The molecule has 6 heteroatoms. The first-order valence-electron chi connectivity index (χ1n) is 6.63. The second-order valence-electron chi connectivity index (χ2n) is 4.96. The molecule has 1 aliphatic heterocycles. The summed E-state index contributed by atoms with van der Waals surface area (Å²) in [6.07, 6.45) is 0. The number of methoxy groups -OCH3 is 1. The molecule has 1 atom stereocenters. The molecule has 2 N–H and O–H groups in total. The van der Waals surface area contributed by atoms with Gasteiger partial charge in [0.15, 0.2) is 5.54 Å². The maximum Gasteiger partial charge on any atom is 0.283 e. The zero-order chi connectivity index (χ0) is 15.7. The fourth-order valence-electron chi connectivity index (χ4n) is 2.56. The van der Waals surface area contributed by atoms with Gasteiger partial charge in [-0.3, -0.25) is 0 Å². The Bertz CT molecular complexity index is 751. The fraction of sp³-hybridized carbons (Fsp3) is 0.188. The Morgan fingerprint density at radius 3 is 2.64 bits per heavy atom. The average Bonchev–Trinajstić information content (AvgIpc) is 2.90. The van der Waals surface area contributed by atoms with Crippen LogP contribution in [0.2, 0.25) is 5.02 Å². The van der Waals surface area contributed by atoms with E-state index in [9.17, 15) is 0 Å². The maximum atomic E-state index is 6.27. The van der Waals surface area contributed by atoms with Crippen molar-refractivity contribution in [3.05, 3.63) is 63.1 Å². The van der Waals surface area contributed by atoms with Crippen LogP contribution in [-0.4, -0.2) is 19.7 Å². The number of hydrogen-bond acceptors (Lipinski definition) is 4. The first-order chi connectivity index (χ1) is 10.5. The van der Waals surface area contributed by atoms with Gasteiger partial charge in [0, 0.05) is 4.47 Å². The normalized spacial score (nSPS) is 20.4. The lowest BCUT2D eigenvalue weighted by molar-refractivity contribution is 0.278. The van der Waals surface area contributed by atoms with Gasteiger partial charge < -0.3 is 15.2 Å². The van der Waals surface area contributed by atoms with E-state index in [1.165, 1.54) is 0 Å². The minimum atomic E-state index is -0.705. The van der Waals surface area contributed by atoms with Crippen molar-refractivity contribution in [1.82, 2.24) is 0 Å². The highest BCUT2D eigenvalue weighted by Crippen LogP contribution is 2.40. The second kappa shape index (κ2) is 5.82. The highest BCUT2D eigenvalue weighted by molar-refractivity contribution is 9.10. The molecule has 4 nitrogen and oxygen atoms in total. The molecule has 1 heterocycles. The van der Waals surface area contributed by atoms with Gasteiger partial charge in [-0.05, 0) is 35.4 Å². The molecule has 2 aromatic carbocycles. The molecule has 114 valence electrons. The molecule has 0 bridgehead atoms. The van der Waals surface area contributed by atoms with Crippen molar-refractivity contribution in [2.24, 2.45) is 10.7 Å². The van der Waals surface area contributed by atoms with Crippen LogP contribution >= 0.6 is 27.5 Å². The fourth-order valence-corrected chi connectivity index (χ4v) is 3.22. The molecule has 0 saturated heterocycles. The highest BCUT2D eigenvalue weighted by Gasteiger charge is 2.40. The van der Waals surface area contributed by atoms with Crippen molar-refractivity contribution in [2.75, 3.05) is 13.7 Å². The van der Waals surface area contributed by atoms with Crippen LogP contribution in [-0.2, 0) is 10.3 Å². The maximum absolute atomic E-state index is 6.27. The Labute approximate surface area is 142 Å². The SMILES string of the molecule is COc1ccc([C@]2(c3cccc(Br)c3)COC(N)=N2)cc1Cl.